The Morgan fingerprint density at radius 2 is 1.79 bits per heavy atom. The van der Waals surface area contributed by atoms with Crippen LogP contribution in [0.4, 0.5) is 5.69 Å². The second kappa shape index (κ2) is 8.98. The van der Waals surface area contributed by atoms with E-state index in [0.29, 0.717) is 23.6 Å². The van der Waals surface area contributed by atoms with Crippen LogP contribution >= 0.6 is 11.8 Å². The minimum absolute atomic E-state index is 0.0340. The molecule has 0 radical (unpaired) electrons. The molecular formula is C18H19NO4S. The van der Waals surface area contributed by atoms with Gasteiger partial charge in [-0.25, -0.2) is 0 Å². The number of rotatable bonds is 8. The number of benzene rings is 2. The van der Waals surface area contributed by atoms with Gasteiger partial charge in [-0.1, -0.05) is 42.5 Å². The minimum atomic E-state index is -0.964. The normalized spacial score (nSPS) is 11.5. The van der Waals surface area contributed by atoms with Gasteiger partial charge < -0.3 is 15.2 Å². The maximum absolute atomic E-state index is 12.1. The molecule has 0 aliphatic carbocycles. The third kappa shape index (κ3) is 5.03. The van der Waals surface area contributed by atoms with E-state index in [4.69, 9.17) is 4.74 Å². The average Bonchev–Trinajstić information content (AvgIpc) is 2.58. The molecule has 0 saturated carbocycles. The molecule has 5 nitrogen and oxygen atoms in total. The molecule has 0 spiro atoms. The monoisotopic (exact) mass is 345 g/mol. The zero-order valence-corrected chi connectivity index (χ0v) is 14.1. The van der Waals surface area contributed by atoms with Gasteiger partial charge in [0.25, 0.3) is 0 Å². The molecule has 0 heterocycles. The van der Waals surface area contributed by atoms with Crippen molar-refractivity contribution in [1.82, 2.24) is 0 Å². The molecule has 126 valence electrons. The van der Waals surface area contributed by atoms with Gasteiger partial charge in [0.2, 0.25) is 5.91 Å². The van der Waals surface area contributed by atoms with Crippen LogP contribution in [-0.2, 0) is 9.59 Å². The lowest BCUT2D eigenvalue weighted by atomic mass is 10.1. The van der Waals surface area contributed by atoms with E-state index in [0.717, 1.165) is 11.8 Å². The largest absolute Gasteiger partial charge is 0.492 e. The molecule has 2 N–H and O–H groups in total. The highest BCUT2D eigenvalue weighted by Crippen LogP contribution is 2.29. The summed E-state index contributed by atoms with van der Waals surface area (Å²) >= 11 is 1.08. The van der Waals surface area contributed by atoms with E-state index in [2.05, 4.69) is 5.32 Å². The van der Waals surface area contributed by atoms with Crippen molar-refractivity contribution in [1.29, 1.82) is 0 Å². The van der Waals surface area contributed by atoms with Gasteiger partial charge in [-0.3, -0.25) is 9.59 Å². The van der Waals surface area contributed by atoms with Gasteiger partial charge in [-0.15, -0.1) is 11.8 Å². The fourth-order valence-electron chi connectivity index (χ4n) is 2.13. The average molecular weight is 345 g/mol. The highest BCUT2D eigenvalue weighted by atomic mass is 32.2. The zero-order chi connectivity index (χ0) is 17.4. The van der Waals surface area contributed by atoms with Gasteiger partial charge in [0.15, 0.2) is 0 Å². The Labute approximate surface area is 145 Å². The summed E-state index contributed by atoms with van der Waals surface area (Å²) in [6, 6.07) is 16.0. The summed E-state index contributed by atoms with van der Waals surface area (Å²) in [6.07, 6.45) is 0. The molecule has 0 fully saturated rings. The van der Waals surface area contributed by atoms with Crippen molar-refractivity contribution >= 4 is 29.3 Å². The summed E-state index contributed by atoms with van der Waals surface area (Å²) in [5.74, 6) is -0.606. The highest BCUT2D eigenvalue weighted by molar-refractivity contribution is 8.00. The Bertz CT molecular complexity index is 690. The van der Waals surface area contributed by atoms with Crippen molar-refractivity contribution < 1.29 is 19.4 Å². The highest BCUT2D eigenvalue weighted by Gasteiger charge is 2.21. The molecule has 1 amide bonds. The molecule has 1 atom stereocenters. The summed E-state index contributed by atoms with van der Waals surface area (Å²) in [5, 5.41) is 11.4. The van der Waals surface area contributed by atoms with E-state index < -0.39 is 11.2 Å². The van der Waals surface area contributed by atoms with E-state index in [1.807, 2.05) is 19.1 Å². The van der Waals surface area contributed by atoms with Crippen molar-refractivity contribution in [2.24, 2.45) is 0 Å². The summed E-state index contributed by atoms with van der Waals surface area (Å²) in [6.45, 7) is 2.36. The summed E-state index contributed by atoms with van der Waals surface area (Å²) in [4.78, 5) is 23.6. The van der Waals surface area contributed by atoms with Crippen LogP contribution in [0.1, 0.15) is 17.7 Å². The second-order valence-corrected chi connectivity index (χ2v) is 6.01. The number of hydrogen-bond acceptors (Lipinski definition) is 4. The number of ether oxygens (including phenoxy) is 1. The van der Waals surface area contributed by atoms with Gasteiger partial charge in [-0.2, -0.15) is 0 Å². The number of hydrogen-bond donors (Lipinski definition) is 2. The number of amides is 1. The molecule has 1 unspecified atom stereocenters. The van der Waals surface area contributed by atoms with Gasteiger partial charge in [0.05, 0.1) is 18.0 Å². The Kier molecular flexibility index (Phi) is 6.69. The van der Waals surface area contributed by atoms with Crippen molar-refractivity contribution in [3.63, 3.8) is 0 Å². The Hall–Kier alpha value is -2.47. The lowest BCUT2D eigenvalue weighted by molar-refractivity contribution is -0.136. The lowest BCUT2D eigenvalue weighted by Gasteiger charge is -2.14. The molecular weight excluding hydrogens is 326 g/mol. The number of nitrogens with one attached hydrogen (secondary N) is 1. The lowest BCUT2D eigenvalue weighted by Crippen LogP contribution is -2.17. The molecule has 0 saturated heterocycles. The first kappa shape index (κ1) is 17.9. The maximum atomic E-state index is 12.1. The number of carboxylic acids is 1. The third-order valence-corrected chi connectivity index (χ3v) is 4.40. The van der Waals surface area contributed by atoms with Crippen LogP contribution < -0.4 is 10.1 Å². The van der Waals surface area contributed by atoms with Crippen LogP contribution in [-0.4, -0.2) is 29.3 Å². The zero-order valence-electron chi connectivity index (χ0n) is 13.3. The number of para-hydroxylation sites is 2. The first-order chi connectivity index (χ1) is 11.6. The van der Waals surface area contributed by atoms with Crippen molar-refractivity contribution in [2.45, 2.75) is 12.2 Å². The second-order valence-electron chi connectivity index (χ2n) is 4.92. The van der Waals surface area contributed by atoms with Crippen molar-refractivity contribution in [3.05, 3.63) is 60.2 Å². The van der Waals surface area contributed by atoms with Crippen LogP contribution in [0.25, 0.3) is 0 Å². The first-order valence-electron chi connectivity index (χ1n) is 7.53. The molecule has 6 heteroatoms. The molecule has 0 aliphatic heterocycles. The predicted octanol–water partition coefficient (Wildman–Crippen LogP) is 3.58. The SMILES string of the molecule is CCOc1ccccc1NC(=O)CSC(C(=O)O)c1ccccc1. The van der Waals surface area contributed by atoms with E-state index in [9.17, 15) is 14.7 Å². The summed E-state index contributed by atoms with van der Waals surface area (Å²) in [7, 11) is 0. The number of carbonyl (C=O) groups excluding carboxylic acids is 1. The third-order valence-electron chi connectivity index (χ3n) is 3.17. The predicted molar refractivity (Wildman–Crippen MR) is 95.5 cm³/mol. The molecule has 2 aromatic carbocycles. The fraction of sp³-hybridized carbons (Fsp3) is 0.222. The number of thioether (sulfide) groups is 1. The van der Waals surface area contributed by atoms with Gasteiger partial charge in [0.1, 0.15) is 11.0 Å². The Morgan fingerprint density at radius 1 is 1.12 bits per heavy atom. The van der Waals surface area contributed by atoms with Gasteiger partial charge >= 0.3 is 5.97 Å². The topological polar surface area (TPSA) is 75.6 Å². The molecule has 0 bridgehead atoms. The van der Waals surface area contributed by atoms with E-state index >= 15 is 0 Å². The van der Waals surface area contributed by atoms with Gasteiger partial charge in [-0.05, 0) is 24.6 Å². The number of anilines is 1. The molecule has 0 aliphatic rings. The minimum Gasteiger partial charge on any atom is -0.492 e. The first-order valence-corrected chi connectivity index (χ1v) is 8.57. The van der Waals surface area contributed by atoms with Crippen LogP contribution in [0.2, 0.25) is 0 Å². The smallest absolute Gasteiger partial charge is 0.321 e. The quantitative estimate of drug-likeness (QED) is 0.765. The van der Waals surface area contributed by atoms with Crippen molar-refractivity contribution in [2.75, 3.05) is 17.7 Å². The van der Waals surface area contributed by atoms with Gasteiger partial charge in [0, 0.05) is 0 Å². The molecule has 2 aromatic rings. The van der Waals surface area contributed by atoms with E-state index in [1.54, 1.807) is 42.5 Å². The van der Waals surface area contributed by atoms with Crippen LogP contribution in [0.15, 0.2) is 54.6 Å². The molecule has 24 heavy (non-hydrogen) atoms. The molecule has 0 aromatic heterocycles. The number of carbonyl (C=O) groups is 2. The summed E-state index contributed by atoms with van der Waals surface area (Å²) in [5.41, 5.74) is 1.24. The fourth-order valence-corrected chi connectivity index (χ4v) is 3.02. The van der Waals surface area contributed by atoms with Crippen LogP contribution in [0.3, 0.4) is 0 Å². The van der Waals surface area contributed by atoms with E-state index in [1.165, 1.54) is 0 Å². The maximum Gasteiger partial charge on any atom is 0.321 e. The molecule has 2 rings (SSSR count). The summed E-state index contributed by atoms with van der Waals surface area (Å²) < 4.78 is 5.46. The standard InChI is InChI=1S/C18H19NO4S/c1-2-23-15-11-7-6-10-14(15)19-16(20)12-24-17(18(21)22)13-8-4-3-5-9-13/h3-11,17H,2,12H2,1H3,(H,19,20)(H,21,22). The Morgan fingerprint density at radius 3 is 2.46 bits per heavy atom. The van der Waals surface area contributed by atoms with Crippen molar-refractivity contribution in [3.8, 4) is 5.75 Å². The van der Waals surface area contributed by atoms with E-state index in [-0.39, 0.29) is 11.7 Å². The number of carboxylic acid groups (broad SMARTS) is 1. The number of aliphatic carboxylic acids is 1. The van der Waals surface area contributed by atoms with Crippen LogP contribution in [0.5, 0.6) is 5.75 Å². The van der Waals surface area contributed by atoms with Crippen LogP contribution in [0, 0.1) is 0 Å². The Balaban J connectivity index is 1.98.